The normalized spacial score (nSPS) is 11.0. The van der Waals surface area contributed by atoms with Crippen molar-refractivity contribution in [2.45, 2.75) is 0 Å². The smallest absolute Gasteiger partial charge is 0.282 e. The number of halogens is 2. The highest BCUT2D eigenvalue weighted by atomic mass is 19.1. The van der Waals surface area contributed by atoms with Gasteiger partial charge < -0.3 is 9.88 Å². The average molecular weight is 380 g/mol. The van der Waals surface area contributed by atoms with E-state index < -0.39 is 17.5 Å². The first-order chi connectivity index (χ1) is 13.4. The van der Waals surface area contributed by atoms with Crippen molar-refractivity contribution in [1.82, 2.24) is 14.3 Å². The predicted molar refractivity (Wildman–Crippen MR) is 99.7 cm³/mol. The number of carbonyl (C=O) groups is 1. The Morgan fingerprint density at radius 2 is 1.82 bits per heavy atom. The number of pyridine rings is 1. The fraction of sp³-hybridized carbons (Fsp3) is 0.0500. The summed E-state index contributed by atoms with van der Waals surface area (Å²) in [5.74, 6) is -2.31. The van der Waals surface area contributed by atoms with Crippen LogP contribution in [-0.2, 0) is 7.05 Å². The van der Waals surface area contributed by atoms with Crippen LogP contribution in [0, 0.1) is 11.6 Å². The number of aryl methyl sites for hydroxylation is 1. The molecule has 0 saturated carbocycles. The summed E-state index contributed by atoms with van der Waals surface area (Å²) in [5.41, 5.74) is 0.540. The number of hydrogen-bond donors (Lipinski definition) is 1. The minimum Gasteiger partial charge on any atom is -0.356 e. The Labute approximate surface area is 158 Å². The highest BCUT2D eigenvalue weighted by Gasteiger charge is 2.24. The van der Waals surface area contributed by atoms with Crippen molar-refractivity contribution < 1.29 is 13.6 Å². The molecule has 2 aromatic carbocycles. The van der Waals surface area contributed by atoms with E-state index in [1.165, 1.54) is 10.9 Å². The molecule has 0 bridgehead atoms. The molecule has 2 heterocycles. The molecule has 0 unspecified atom stereocenters. The second-order valence-corrected chi connectivity index (χ2v) is 6.23. The molecule has 0 saturated heterocycles. The van der Waals surface area contributed by atoms with Crippen molar-refractivity contribution in [2.24, 2.45) is 7.05 Å². The summed E-state index contributed by atoms with van der Waals surface area (Å²) in [5, 5.41) is 6.70. The fourth-order valence-corrected chi connectivity index (χ4v) is 2.93. The van der Waals surface area contributed by atoms with Crippen LogP contribution in [0.5, 0.6) is 0 Å². The van der Waals surface area contributed by atoms with Crippen LogP contribution in [-0.4, -0.2) is 20.3 Å². The first kappa shape index (κ1) is 17.6. The Hall–Kier alpha value is -3.81. The SMILES string of the molecule is Cn1cc(C(=O)Nc2ccc(F)cc2F)c2nn(-c3ccccc3)c(=O)c-2c1. The van der Waals surface area contributed by atoms with Crippen LogP contribution in [0.25, 0.3) is 16.9 Å². The maximum absolute atomic E-state index is 13.9. The molecule has 0 aromatic heterocycles. The first-order valence-corrected chi connectivity index (χ1v) is 8.35. The molecule has 140 valence electrons. The van der Waals surface area contributed by atoms with Gasteiger partial charge in [0.1, 0.15) is 17.3 Å². The fourth-order valence-electron chi connectivity index (χ4n) is 2.93. The van der Waals surface area contributed by atoms with Gasteiger partial charge in [0.15, 0.2) is 0 Å². The van der Waals surface area contributed by atoms with Gasteiger partial charge in [0, 0.05) is 25.5 Å². The predicted octanol–water partition coefficient (Wildman–Crippen LogP) is 3.21. The van der Waals surface area contributed by atoms with Gasteiger partial charge in [-0.05, 0) is 24.3 Å². The number of carbonyl (C=O) groups excluding carboxylic acids is 1. The lowest BCUT2D eigenvalue weighted by atomic mass is 10.1. The van der Waals surface area contributed by atoms with Crippen LogP contribution >= 0.6 is 0 Å². The molecule has 0 fully saturated rings. The van der Waals surface area contributed by atoms with Gasteiger partial charge in [0.05, 0.1) is 22.5 Å². The number of rotatable bonds is 3. The number of benzene rings is 2. The number of amides is 1. The minimum absolute atomic E-state index is 0.0931. The molecule has 2 aromatic rings. The average Bonchev–Trinajstić information content (AvgIpc) is 3.00. The second-order valence-electron chi connectivity index (χ2n) is 6.23. The molecular weight excluding hydrogens is 366 g/mol. The summed E-state index contributed by atoms with van der Waals surface area (Å²) in [6.45, 7) is 0. The third-order valence-electron chi connectivity index (χ3n) is 4.22. The maximum atomic E-state index is 13.9. The summed E-state index contributed by atoms with van der Waals surface area (Å²) in [6.07, 6.45) is 3.06. The molecule has 2 aliphatic rings. The summed E-state index contributed by atoms with van der Waals surface area (Å²) in [7, 11) is 1.66. The topological polar surface area (TPSA) is 68.9 Å². The highest BCUT2D eigenvalue weighted by molar-refractivity contribution is 6.08. The van der Waals surface area contributed by atoms with Crippen molar-refractivity contribution in [2.75, 3.05) is 5.32 Å². The van der Waals surface area contributed by atoms with Gasteiger partial charge in [0.2, 0.25) is 0 Å². The van der Waals surface area contributed by atoms with E-state index in [0.29, 0.717) is 11.8 Å². The Kier molecular flexibility index (Phi) is 4.23. The zero-order valence-corrected chi connectivity index (χ0v) is 14.7. The quantitative estimate of drug-likeness (QED) is 0.593. The standard InChI is InChI=1S/C20H14F2N4O2/c1-25-10-14(19(27)23-17-8-7-12(21)9-16(17)22)18-15(11-25)20(28)26(24-18)13-5-3-2-4-6-13/h2-11H,1H3,(H,23,27). The van der Waals surface area contributed by atoms with Crippen LogP contribution < -0.4 is 10.9 Å². The lowest BCUT2D eigenvalue weighted by Gasteiger charge is -2.10. The molecule has 0 spiro atoms. The monoisotopic (exact) mass is 380 g/mol. The Balaban J connectivity index is 1.80. The summed E-state index contributed by atoms with van der Waals surface area (Å²) >= 11 is 0. The number of nitrogens with one attached hydrogen (secondary N) is 1. The van der Waals surface area contributed by atoms with Crippen molar-refractivity contribution in [3.63, 3.8) is 0 Å². The van der Waals surface area contributed by atoms with Gasteiger partial charge in [-0.25, -0.2) is 8.78 Å². The van der Waals surface area contributed by atoms with Crippen molar-refractivity contribution in [3.8, 4) is 16.9 Å². The summed E-state index contributed by atoms with van der Waals surface area (Å²) in [6, 6.07) is 11.6. The largest absolute Gasteiger partial charge is 0.356 e. The van der Waals surface area contributed by atoms with Crippen molar-refractivity contribution in [1.29, 1.82) is 0 Å². The van der Waals surface area contributed by atoms with Gasteiger partial charge in [-0.1, -0.05) is 18.2 Å². The lowest BCUT2D eigenvalue weighted by Crippen LogP contribution is -2.17. The molecular formula is C20H14F2N4O2. The van der Waals surface area contributed by atoms with E-state index in [-0.39, 0.29) is 28.1 Å². The number of fused-ring (bicyclic) bond motifs is 1. The Bertz CT molecular complexity index is 1210. The molecule has 6 nitrogen and oxygen atoms in total. The highest BCUT2D eigenvalue weighted by Crippen LogP contribution is 2.24. The number of aromatic nitrogens is 3. The second kappa shape index (κ2) is 6.73. The Morgan fingerprint density at radius 1 is 1.07 bits per heavy atom. The van der Waals surface area contributed by atoms with Gasteiger partial charge in [0.25, 0.3) is 11.5 Å². The summed E-state index contributed by atoms with van der Waals surface area (Å²) in [4.78, 5) is 25.5. The zero-order chi connectivity index (χ0) is 19.8. The molecule has 1 amide bonds. The van der Waals surface area contributed by atoms with E-state index >= 15 is 0 Å². The number of hydrogen-bond acceptors (Lipinski definition) is 3. The van der Waals surface area contributed by atoms with Crippen LogP contribution in [0.3, 0.4) is 0 Å². The first-order valence-electron chi connectivity index (χ1n) is 8.35. The van der Waals surface area contributed by atoms with Crippen molar-refractivity contribution in [3.05, 3.63) is 88.5 Å². The van der Waals surface area contributed by atoms with E-state index in [9.17, 15) is 18.4 Å². The number of anilines is 1. The van der Waals surface area contributed by atoms with Crippen LogP contribution in [0.15, 0.2) is 65.7 Å². The van der Waals surface area contributed by atoms with E-state index in [2.05, 4.69) is 10.4 Å². The van der Waals surface area contributed by atoms with Gasteiger partial charge in [-0.3, -0.25) is 9.59 Å². The van der Waals surface area contributed by atoms with E-state index in [0.717, 1.165) is 12.1 Å². The van der Waals surface area contributed by atoms with E-state index in [1.54, 1.807) is 42.1 Å². The van der Waals surface area contributed by atoms with Gasteiger partial charge in [-0.2, -0.15) is 9.78 Å². The molecule has 28 heavy (non-hydrogen) atoms. The molecule has 4 rings (SSSR count). The van der Waals surface area contributed by atoms with Crippen LogP contribution in [0.1, 0.15) is 10.4 Å². The third-order valence-corrected chi connectivity index (χ3v) is 4.22. The molecule has 2 aliphatic heterocycles. The molecule has 8 heteroatoms. The molecule has 0 radical (unpaired) electrons. The van der Waals surface area contributed by atoms with E-state index in [4.69, 9.17) is 0 Å². The number of nitrogens with zero attached hydrogens (tertiary/aromatic N) is 3. The lowest BCUT2D eigenvalue weighted by molar-refractivity contribution is 0.102. The maximum Gasteiger partial charge on any atom is 0.282 e. The molecule has 0 aliphatic carbocycles. The zero-order valence-electron chi connectivity index (χ0n) is 14.7. The van der Waals surface area contributed by atoms with Gasteiger partial charge in [-0.15, -0.1) is 0 Å². The van der Waals surface area contributed by atoms with Gasteiger partial charge >= 0.3 is 0 Å². The van der Waals surface area contributed by atoms with E-state index in [1.807, 2.05) is 6.07 Å². The third kappa shape index (κ3) is 3.05. The van der Waals surface area contributed by atoms with Crippen molar-refractivity contribution >= 4 is 11.6 Å². The number of para-hydroxylation sites is 1. The Morgan fingerprint density at radius 3 is 2.54 bits per heavy atom. The minimum atomic E-state index is -0.899. The summed E-state index contributed by atoms with van der Waals surface area (Å²) < 4.78 is 29.7. The van der Waals surface area contributed by atoms with Crippen LogP contribution in [0.2, 0.25) is 0 Å². The van der Waals surface area contributed by atoms with Crippen LogP contribution in [0.4, 0.5) is 14.5 Å². The molecule has 0 atom stereocenters. The molecule has 1 N–H and O–H groups in total.